The molecule has 0 aliphatic rings. The molecule has 0 heterocycles. The molecule has 8 nitrogen and oxygen atoms in total. The molecule has 0 amide bonds. The molecule has 0 saturated carbocycles. The minimum atomic E-state index is -3.47. The molecule has 0 unspecified atom stereocenters. The molecular formula is C6H22N6O2P2S. The fraction of sp³-hybridized carbons (Fsp3) is 1.00. The van der Waals surface area contributed by atoms with Gasteiger partial charge in [-0.05, 0) is 27.7 Å². The first-order valence-electron chi connectivity index (χ1n) is 4.99. The van der Waals surface area contributed by atoms with Gasteiger partial charge in [-0.2, -0.15) is 8.15 Å². The minimum Gasteiger partial charge on any atom is -0.270 e. The quantitative estimate of drug-likeness (QED) is 0.417. The zero-order valence-electron chi connectivity index (χ0n) is 10.5. The smallest absolute Gasteiger partial charge is 0.270 e. The maximum atomic E-state index is 11.7. The largest absolute Gasteiger partial charge is 0.287 e. The molecule has 0 saturated heterocycles. The van der Waals surface area contributed by atoms with Gasteiger partial charge in [0, 0.05) is 24.2 Å². The molecule has 104 valence electrons. The van der Waals surface area contributed by atoms with Crippen LogP contribution in [0.25, 0.3) is 0 Å². The molecule has 0 fully saturated rings. The summed E-state index contributed by atoms with van der Waals surface area (Å²) in [4.78, 5) is 0. The van der Waals surface area contributed by atoms with Gasteiger partial charge in [0.05, 0.1) is 0 Å². The third-order valence-corrected chi connectivity index (χ3v) is 6.97. The van der Waals surface area contributed by atoms with E-state index in [0.29, 0.717) is 0 Å². The Hall–Kier alpha value is 0.570. The lowest BCUT2D eigenvalue weighted by molar-refractivity contribution is 0.465. The van der Waals surface area contributed by atoms with Crippen molar-refractivity contribution in [2.45, 2.75) is 39.8 Å². The fourth-order valence-electron chi connectivity index (χ4n) is 1.11. The Balaban J connectivity index is 5.10. The zero-order chi connectivity index (χ0) is 14.0. The Morgan fingerprint density at radius 1 is 0.824 bits per heavy atom. The molecule has 0 rings (SSSR count). The first-order chi connectivity index (χ1) is 7.37. The molecule has 0 radical (unpaired) electrons. The Labute approximate surface area is 107 Å². The lowest BCUT2D eigenvalue weighted by atomic mass is 10.4. The van der Waals surface area contributed by atoms with E-state index in [1.54, 1.807) is 27.7 Å². The molecule has 0 aromatic heterocycles. The maximum absolute atomic E-state index is 11.7. The Morgan fingerprint density at radius 2 is 1.06 bits per heavy atom. The second-order valence-electron chi connectivity index (χ2n) is 4.22. The van der Waals surface area contributed by atoms with Gasteiger partial charge in [-0.1, -0.05) is 0 Å². The van der Waals surface area contributed by atoms with Crippen LogP contribution in [0.4, 0.5) is 0 Å². The van der Waals surface area contributed by atoms with Gasteiger partial charge in [0.1, 0.15) is 0 Å². The van der Waals surface area contributed by atoms with Gasteiger partial charge < -0.3 is 0 Å². The van der Waals surface area contributed by atoms with Gasteiger partial charge in [-0.3, -0.25) is 31.1 Å². The SMILES string of the molecule is CC(C)N(SN(C(C)C)P(N)(N)=O)P(N)(N)=O. The van der Waals surface area contributed by atoms with Crippen molar-refractivity contribution in [3.05, 3.63) is 0 Å². The van der Waals surface area contributed by atoms with Crippen LogP contribution in [-0.2, 0) is 9.13 Å². The van der Waals surface area contributed by atoms with Gasteiger partial charge in [-0.15, -0.1) is 0 Å². The van der Waals surface area contributed by atoms with Gasteiger partial charge in [0.2, 0.25) is 0 Å². The average molecular weight is 304 g/mol. The number of rotatable bonds is 6. The van der Waals surface area contributed by atoms with E-state index in [-0.39, 0.29) is 12.1 Å². The molecule has 0 aliphatic carbocycles. The van der Waals surface area contributed by atoms with Crippen LogP contribution in [0.2, 0.25) is 0 Å². The third kappa shape index (κ3) is 5.83. The second-order valence-corrected chi connectivity index (χ2v) is 9.26. The maximum Gasteiger partial charge on any atom is 0.287 e. The summed E-state index contributed by atoms with van der Waals surface area (Å²) in [6.45, 7) is 7.04. The van der Waals surface area contributed by atoms with Gasteiger partial charge in [0.25, 0.3) is 15.2 Å². The van der Waals surface area contributed by atoms with E-state index < -0.39 is 15.2 Å². The Bertz CT molecular complexity index is 307. The van der Waals surface area contributed by atoms with Crippen molar-refractivity contribution in [1.82, 2.24) is 8.15 Å². The second kappa shape index (κ2) is 6.14. The number of nitrogens with two attached hydrogens (primary N) is 4. The van der Waals surface area contributed by atoms with E-state index >= 15 is 0 Å². The summed E-state index contributed by atoms with van der Waals surface area (Å²) in [5, 5.41) is 0. The van der Waals surface area contributed by atoms with Gasteiger partial charge in [0.15, 0.2) is 0 Å². The van der Waals surface area contributed by atoms with Crippen molar-refractivity contribution in [2.24, 2.45) is 22.0 Å². The van der Waals surface area contributed by atoms with Crippen molar-refractivity contribution in [2.75, 3.05) is 0 Å². The topological polar surface area (TPSA) is 145 Å². The van der Waals surface area contributed by atoms with Crippen LogP contribution in [0.15, 0.2) is 0 Å². The fourth-order valence-corrected chi connectivity index (χ4v) is 4.66. The van der Waals surface area contributed by atoms with E-state index in [2.05, 4.69) is 0 Å². The van der Waals surface area contributed by atoms with Crippen LogP contribution < -0.4 is 22.0 Å². The molecule has 11 heteroatoms. The molecule has 0 spiro atoms. The Morgan fingerprint density at radius 3 is 1.18 bits per heavy atom. The summed E-state index contributed by atoms with van der Waals surface area (Å²) in [5.74, 6) is 0. The standard InChI is InChI=1S/C6H22N6O2P2S/c1-5(2)11(15(7,8)13)17-12(6(3)4)16(9,10)14/h5-6H,1-4H3,(H4,7,8,13)(H4,9,10,14). The van der Waals surface area contributed by atoms with Gasteiger partial charge >= 0.3 is 0 Å². The van der Waals surface area contributed by atoms with E-state index in [4.69, 9.17) is 22.0 Å². The third-order valence-electron chi connectivity index (χ3n) is 1.67. The number of hydrogen-bond acceptors (Lipinski definition) is 3. The lowest BCUT2D eigenvalue weighted by Crippen LogP contribution is -2.37. The van der Waals surface area contributed by atoms with Crippen LogP contribution in [0, 0.1) is 0 Å². The van der Waals surface area contributed by atoms with Crippen molar-refractivity contribution < 1.29 is 9.13 Å². The predicted octanol–water partition coefficient (Wildman–Crippen LogP) is 1.02. The van der Waals surface area contributed by atoms with E-state index in [9.17, 15) is 9.13 Å². The van der Waals surface area contributed by atoms with Crippen molar-refractivity contribution in [1.29, 1.82) is 0 Å². The van der Waals surface area contributed by atoms with Crippen LogP contribution in [0.3, 0.4) is 0 Å². The highest BCUT2D eigenvalue weighted by atomic mass is 32.2. The first-order valence-corrected chi connectivity index (χ1v) is 9.32. The highest BCUT2D eigenvalue weighted by molar-refractivity contribution is 8.03. The molecule has 8 N–H and O–H groups in total. The van der Waals surface area contributed by atoms with Gasteiger partial charge in [-0.25, -0.2) is 0 Å². The summed E-state index contributed by atoms with van der Waals surface area (Å²) in [6, 6.07) is -0.428. The summed E-state index contributed by atoms with van der Waals surface area (Å²) >= 11 is 0.860. The van der Waals surface area contributed by atoms with E-state index in [1.807, 2.05) is 0 Å². The molecule has 17 heavy (non-hydrogen) atoms. The highest BCUT2D eigenvalue weighted by Gasteiger charge is 2.34. The average Bonchev–Trinajstić information content (AvgIpc) is 1.96. The highest BCUT2D eigenvalue weighted by Crippen LogP contribution is 2.49. The van der Waals surface area contributed by atoms with Crippen molar-refractivity contribution >= 4 is 27.3 Å². The predicted molar refractivity (Wildman–Crippen MR) is 73.5 cm³/mol. The van der Waals surface area contributed by atoms with E-state index in [1.165, 1.54) is 8.15 Å². The molecule has 0 aromatic carbocycles. The summed E-state index contributed by atoms with van der Waals surface area (Å²) < 4.78 is 25.9. The van der Waals surface area contributed by atoms with Crippen LogP contribution in [0.5, 0.6) is 0 Å². The number of nitrogens with zero attached hydrogens (tertiary/aromatic N) is 2. The summed E-state index contributed by atoms with van der Waals surface area (Å²) in [7, 11) is -6.95. The van der Waals surface area contributed by atoms with Crippen LogP contribution in [-0.4, -0.2) is 20.2 Å². The van der Waals surface area contributed by atoms with E-state index in [0.717, 1.165) is 12.1 Å². The normalized spacial score (nSPS) is 14.4. The zero-order valence-corrected chi connectivity index (χ0v) is 13.1. The minimum absolute atomic E-state index is 0.214. The monoisotopic (exact) mass is 304 g/mol. The Kier molecular flexibility index (Phi) is 6.35. The molecule has 0 bridgehead atoms. The van der Waals surface area contributed by atoms with Crippen molar-refractivity contribution in [3.8, 4) is 0 Å². The van der Waals surface area contributed by atoms with Crippen molar-refractivity contribution in [3.63, 3.8) is 0 Å². The first kappa shape index (κ1) is 17.6. The summed E-state index contributed by atoms with van der Waals surface area (Å²) in [6.07, 6.45) is 0. The molecule has 0 aromatic rings. The van der Waals surface area contributed by atoms with Crippen LogP contribution in [0.1, 0.15) is 27.7 Å². The van der Waals surface area contributed by atoms with Crippen LogP contribution >= 0.6 is 27.3 Å². The molecule has 0 atom stereocenters. The lowest BCUT2D eigenvalue weighted by Gasteiger charge is -2.35. The molecule has 0 aliphatic heterocycles. The molecular weight excluding hydrogens is 282 g/mol. The number of hydrogen-bond donors (Lipinski definition) is 4. The summed E-state index contributed by atoms with van der Waals surface area (Å²) in [5.41, 5.74) is 21.7.